The molecule has 2 N–H and O–H groups in total. The minimum Gasteiger partial charge on any atom is -0.309 e. The molecule has 0 radical (unpaired) electrons. The van der Waals surface area contributed by atoms with Crippen molar-refractivity contribution in [2.45, 2.75) is 12.8 Å². The van der Waals surface area contributed by atoms with Gasteiger partial charge < -0.3 is 9.98 Å². The Hall–Kier alpha value is -8.47. The molecule has 2 aromatic heterocycles. The first-order valence-electron chi connectivity index (χ1n) is 22.4. The van der Waals surface area contributed by atoms with Crippen LogP contribution in [0.3, 0.4) is 0 Å². The van der Waals surface area contributed by atoms with E-state index in [4.69, 9.17) is 0 Å². The standard InChI is InChI=1S/C61H44N4/c62-55(44-21-9-3-10-22-44)40-56(45-23-11-4-12-24-45)63-65-60-34-30-47(42-18-7-2-8-19-42)37-53(60)54-39-49(31-35-61(54)65)48-29-33-59-52(38-48)51-36-46(41-16-5-1-6-17-41)28-32-58(51)64(59)57-27-15-25-43-20-13-14-26-50(43)57/h1-9,11-21,23-40,62-63H,10,22H2/b56-40-,62-55?. The number of nitrogens with zero attached hydrogens (tertiary/aromatic N) is 2. The summed E-state index contributed by atoms with van der Waals surface area (Å²) in [7, 11) is 0. The maximum Gasteiger partial charge on any atom is 0.0710 e. The first kappa shape index (κ1) is 38.2. The molecule has 0 bridgehead atoms. The highest BCUT2D eigenvalue weighted by Crippen LogP contribution is 2.41. The molecule has 0 saturated heterocycles. The zero-order chi connectivity index (χ0) is 43.3. The lowest BCUT2D eigenvalue weighted by molar-refractivity contribution is 1.00. The Morgan fingerprint density at radius 1 is 0.462 bits per heavy atom. The molecule has 2 heterocycles. The predicted octanol–water partition coefficient (Wildman–Crippen LogP) is 15.9. The molecular weight excluding hydrogens is 789 g/mol. The molecule has 308 valence electrons. The van der Waals surface area contributed by atoms with Crippen LogP contribution in [0.15, 0.2) is 236 Å². The van der Waals surface area contributed by atoms with Gasteiger partial charge in [0, 0.05) is 26.9 Å². The highest BCUT2D eigenvalue weighted by molar-refractivity contribution is 6.15. The van der Waals surface area contributed by atoms with Crippen molar-refractivity contribution >= 4 is 65.8 Å². The first-order chi connectivity index (χ1) is 32.1. The van der Waals surface area contributed by atoms with Gasteiger partial charge in [0.05, 0.1) is 39.2 Å². The van der Waals surface area contributed by atoms with Crippen LogP contribution in [0, 0.1) is 5.41 Å². The Morgan fingerprint density at radius 3 is 1.52 bits per heavy atom. The van der Waals surface area contributed by atoms with Crippen LogP contribution in [0.25, 0.3) is 99.1 Å². The highest BCUT2D eigenvalue weighted by Gasteiger charge is 2.19. The number of nitrogens with one attached hydrogen (secondary N) is 2. The van der Waals surface area contributed by atoms with Crippen molar-refractivity contribution in [1.82, 2.24) is 9.24 Å². The van der Waals surface area contributed by atoms with Crippen molar-refractivity contribution in [3.05, 3.63) is 242 Å². The average molecular weight is 833 g/mol. The van der Waals surface area contributed by atoms with Gasteiger partial charge in [-0.2, -0.15) is 0 Å². The SMILES string of the molecule is N=C(/C=C(\Nn1c2ccc(-c3ccccc3)cc2c2cc(-c3ccc4c(c3)c3cc(-c5ccccc5)ccc3n4-c3cccc4ccccc34)ccc21)c1ccccc1)C1=CC=CCC1. The minimum absolute atomic E-state index is 0.517. The molecule has 0 atom stereocenters. The Balaban J connectivity index is 1.05. The van der Waals surface area contributed by atoms with Crippen molar-refractivity contribution in [1.29, 1.82) is 5.41 Å². The largest absolute Gasteiger partial charge is 0.309 e. The molecule has 65 heavy (non-hydrogen) atoms. The second-order valence-electron chi connectivity index (χ2n) is 16.9. The van der Waals surface area contributed by atoms with E-state index in [0.29, 0.717) is 5.71 Å². The summed E-state index contributed by atoms with van der Waals surface area (Å²) in [4.78, 5) is 0. The van der Waals surface area contributed by atoms with E-state index in [0.717, 1.165) is 68.2 Å². The maximum atomic E-state index is 9.18. The van der Waals surface area contributed by atoms with Crippen LogP contribution in [-0.2, 0) is 0 Å². The lowest BCUT2D eigenvalue weighted by Gasteiger charge is -2.17. The second-order valence-corrected chi connectivity index (χ2v) is 16.9. The minimum atomic E-state index is 0.517. The van der Waals surface area contributed by atoms with Crippen molar-refractivity contribution in [2.24, 2.45) is 0 Å². The first-order valence-corrected chi connectivity index (χ1v) is 22.4. The lowest BCUT2D eigenvalue weighted by atomic mass is 9.98. The van der Waals surface area contributed by atoms with Crippen LogP contribution in [-0.4, -0.2) is 15.0 Å². The summed E-state index contributed by atoms with van der Waals surface area (Å²) >= 11 is 0. The monoisotopic (exact) mass is 832 g/mol. The molecule has 12 rings (SSSR count). The van der Waals surface area contributed by atoms with Gasteiger partial charge in [-0.1, -0.05) is 170 Å². The molecule has 0 spiro atoms. The molecule has 0 amide bonds. The molecular formula is C61H44N4. The topological polar surface area (TPSA) is 45.7 Å². The van der Waals surface area contributed by atoms with Gasteiger partial charge in [0.25, 0.3) is 0 Å². The Kier molecular flexibility index (Phi) is 9.42. The van der Waals surface area contributed by atoms with Gasteiger partial charge in [-0.3, -0.25) is 10.1 Å². The normalized spacial score (nSPS) is 13.0. The van der Waals surface area contributed by atoms with Crippen LogP contribution in [0.5, 0.6) is 0 Å². The molecule has 4 heteroatoms. The van der Waals surface area contributed by atoms with Crippen molar-refractivity contribution in [2.75, 3.05) is 5.43 Å². The Bertz CT molecular complexity index is 3730. The number of hydrogen-bond donors (Lipinski definition) is 2. The maximum absolute atomic E-state index is 9.18. The van der Waals surface area contributed by atoms with Gasteiger partial charge in [-0.25, -0.2) is 0 Å². The fraction of sp³-hybridized carbons (Fsp3) is 0.0328. The molecule has 0 fully saturated rings. The summed E-state index contributed by atoms with van der Waals surface area (Å²) in [5.41, 5.74) is 20.0. The van der Waals surface area contributed by atoms with E-state index in [9.17, 15) is 5.41 Å². The molecule has 11 aromatic rings. The van der Waals surface area contributed by atoms with E-state index in [-0.39, 0.29) is 0 Å². The highest BCUT2D eigenvalue weighted by atomic mass is 15.4. The van der Waals surface area contributed by atoms with E-state index in [1.807, 2.05) is 12.1 Å². The Labute approximate surface area is 377 Å². The van der Waals surface area contributed by atoms with Crippen molar-refractivity contribution in [3.8, 4) is 39.1 Å². The third kappa shape index (κ3) is 6.84. The van der Waals surface area contributed by atoms with E-state index in [2.05, 4.69) is 233 Å². The summed E-state index contributed by atoms with van der Waals surface area (Å²) in [6, 6.07) is 74.5. The molecule has 1 aliphatic rings. The van der Waals surface area contributed by atoms with E-state index >= 15 is 0 Å². The van der Waals surface area contributed by atoms with Crippen molar-refractivity contribution < 1.29 is 0 Å². The molecule has 9 aromatic carbocycles. The molecule has 1 aliphatic carbocycles. The quantitative estimate of drug-likeness (QED) is 0.140. The zero-order valence-electron chi connectivity index (χ0n) is 35.7. The second kappa shape index (κ2) is 16.0. The van der Waals surface area contributed by atoms with E-state index < -0.39 is 0 Å². The third-order valence-electron chi connectivity index (χ3n) is 13.1. The Morgan fingerprint density at radius 2 is 0.954 bits per heavy atom. The predicted molar refractivity (Wildman–Crippen MR) is 276 cm³/mol. The van der Waals surface area contributed by atoms with Crippen LogP contribution in [0.2, 0.25) is 0 Å². The molecule has 0 saturated carbocycles. The molecule has 0 unspecified atom stereocenters. The van der Waals surface area contributed by atoms with Gasteiger partial charge in [0.1, 0.15) is 0 Å². The van der Waals surface area contributed by atoms with E-state index in [1.165, 1.54) is 55.0 Å². The molecule has 0 aliphatic heterocycles. The lowest BCUT2D eigenvalue weighted by Crippen LogP contribution is -2.15. The van der Waals surface area contributed by atoms with Crippen LogP contribution >= 0.6 is 0 Å². The number of benzene rings is 9. The van der Waals surface area contributed by atoms with Crippen molar-refractivity contribution in [3.63, 3.8) is 0 Å². The van der Waals surface area contributed by atoms with Gasteiger partial charge >= 0.3 is 0 Å². The van der Waals surface area contributed by atoms with Crippen LogP contribution in [0.1, 0.15) is 18.4 Å². The number of rotatable bonds is 9. The summed E-state index contributed by atoms with van der Waals surface area (Å²) < 4.78 is 4.65. The fourth-order valence-corrected chi connectivity index (χ4v) is 9.79. The molecule has 4 nitrogen and oxygen atoms in total. The summed E-state index contributed by atoms with van der Waals surface area (Å²) in [6.07, 6.45) is 10.1. The number of fused-ring (bicyclic) bond motifs is 7. The van der Waals surface area contributed by atoms with Gasteiger partial charge in [-0.15, -0.1) is 0 Å². The summed E-state index contributed by atoms with van der Waals surface area (Å²) in [6.45, 7) is 0. The van der Waals surface area contributed by atoms with Crippen LogP contribution < -0.4 is 5.43 Å². The van der Waals surface area contributed by atoms with Gasteiger partial charge in [0.2, 0.25) is 0 Å². The summed E-state index contributed by atoms with van der Waals surface area (Å²) in [5, 5.41) is 16.4. The zero-order valence-corrected chi connectivity index (χ0v) is 35.7. The number of aromatic nitrogens is 2. The fourth-order valence-electron chi connectivity index (χ4n) is 9.79. The van der Waals surface area contributed by atoms with Gasteiger partial charge in [0.15, 0.2) is 0 Å². The average Bonchev–Trinajstić information content (AvgIpc) is 3.87. The van der Waals surface area contributed by atoms with Gasteiger partial charge in [-0.05, 0) is 123 Å². The van der Waals surface area contributed by atoms with Crippen LogP contribution in [0.4, 0.5) is 0 Å². The third-order valence-corrected chi connectivity index (χ3v) is 13.1. The number of hydrogen-bond acceptors (Lipinski definition) is 2. The number of allylic oxidation sites excluding steroid dienone is 5. The van der Waals surface area contributed by atoms with E-state index in [1.54, 1.807) is 0 Å². The summed E-state index contributed by atoms with van der Waals surface area (Å²) in [5.74, 6) is 0. The smallest absolute Gasteiger partial charge is 0.0710 e.